The highest BCUT2D eigenvalue weighted by Crippen LogP contribution is 2.26. The van der Waals surface area contributed by atoms with Gasteiger partial charge in [0.25, 0.3) is 0 Å². The van der Waals surface area contributed by atoms with Gasteiger partial charge >= 0.3 is 5.97 Å². The summed E-state index contributed by atoms with van der Waals surface area (Å²) in [5.74, 6) is -0.340. The summed E-state index contributed by atoms with van der Waals surface area (Å²) in [6.07, 6.45) is 2.06. The molecule has 0 fully saturated rings. The monoisotopic (exact) mass is 300 g/mol. The summed E-state index contributed by atoms with van der Waals surface area (Å²) in [5.41, 5.74) is 0.933. The minimum Gasteiger partial charge on any atom is -0.496 e. The van der Waals surface area contributed by atoms with Crippen LogP contribution >= 0.6 is 15.9 Å². The number of hydrogen-bond donors (Lipinski definition) is 1. The number of carboxylic acid groups (broad SMARTS) is 1. The zero-order chi connectivity index (χ0) is 12.8. The summed E-state index contributed by atoms with van der Waals surface area (Å²) in [6.45, 7) is 1.99. The van der Waals surface area contributed by atoms with Crippen LogP contribution in [0, 0.1) is 5.92 Å². The number of benzene rings is 1. The molecule has 1 rings (SSSR count). The number of carbonyl (C=O) groups is 1. The van der Waals surface area contributed by atoms with Crippen molar-refractivity contribution in [2.45, 2.75) is 26.2 Å². The molecule has 0 aliphatic rings. The van der Waals surface area contributed by atoms with E-state index in [-0.39, 0.29) is 5.92 Å². The third-order valence-electron chi connectivity index (χ3n) is 2.70. The highest BCUT2D eigenvalue weighted by molar-refractivity contribution is 9.10. The predicted octanol–water partition coefficient (Wildman–Crippen LogP) is 3.50. The first-order valence-corrected chi connectivity index (χ1v) is 6.43. The molecule has 3 nitrogen and oxygen atoms in total. The molecular formula is C13H17BrO3. The van der Waals surface area contributed by atoms with Gasteiger partial charge in [0.15, 0.2) is 0 Å². The Morgan fingerprint density at radius 1 is 1.53 bits per heavy atom. The summed E-state index contributed by atoms with van der Waals surface area (Å²) in [4.78, 5) is 11.1. The van der Waals surface area contributed by atoms with E-state index in [9.17, 15) is 4.79 Å². The number of rotatable bonds is 6. The summed E-state index contributed by atoms with van der Waals surface area (Å²) >= 11 is 3.39. The van der Waals surface area contributed by atoms with Gasteiger partial charge in [0, 0.05) is 4.47 Å². The van der Waals surface area contributed by atoms with Crippen molar-refractivity contribution in [3.8, 4) is 5.75 Å². The molecule has 1 aromatic carbocycles. The number of halogens is 1. The number of ether oxygens (including phenoxy) is 1. The highest BCUT2D eigenvalue weighted by Gasteiger charge is 2.19. The van der Waals surface area contributed by atoms with Gasteiger partial charge in [-0.05, 0) is 36.6 Å². The van der Waals surface area contributed by atoms with E-state index in [4.69, 9.17) is 9.84 Å². The Morgan fingerprint density at radius 3 is 2.76 bits per heavy atom. The number of hydrogen-bond acceptors (Lipinski definition) is 2. The molecule has 0 saturated carbocycles. The molecule has 0 aromatic heterocycles. The van der Waals surface area contributed by atoms with Crippen molar-refractivity contribution < 1.29 is 14.6 Å². The number of carboxylic acids is 1. The third kappa shape index (κ3) is 4.04. The molecule has 0 saturated heterocycles. The average molecular weight is 301 g/mol. The van der Waals surface area contributed by atoms with Crippen LogP contribution in [-0.2, 0) is 11.2 Å². The zero-order valence-corrected chi connectivity index (χ0v) is 11.7. The largest absolute Gasteiger partial charge is 0.496 e. The Balaban J connectivity index is 2.91. The van der Waals surface area contributed by atoms with Gasteiger partial charge in [-0.25, -0.2) is 0 Å². The van der Waals surface area contributed by atoms with Crippen molar-refractivity contribution in [1.29, 1.82) is 0 Å². The molecule has 1 aromatic rings. The zero-order valence-electron chi connectivity index (χ0n) is 10.1. The third-order valence-corrected chi connectivity index (χ3v) is 3.19. The van der Waals surface area contributed by atoms with E-state index >= 15 is 0 Å². The van der Waals surface area contributed by atoms with Crippen molar-refractivity contribution >= 4 is 21.9 Å². The van der Waals surface area contributed by atoms with Gasteiger partial charge in [0.2, 0.25) is 0 Å². The lowest BCUT2D eigenvalue weighted by molar-refractivity contribution is -0.141. The maximum absolute atomic E-state index is 11.1. The molecule has 0 amide bonds. The molecule has 0 aliphatic carbocycles. The molecule has 0 bridgehead atoms. The van der Waals surface area contributed by atoms with Gasteiger partial charge in [0.1, 0.15) is 5.75 Å². The highest BCUT2D eigenvalue weighted by atomic mass is 79.9. The Kier molecular flexibility index (Phi) is 5.48. The van der Waals surface area contributed by atoms with Gasteiger partial charge < -0.3 is 9.84 Å². The van der Waals surface area contributed by atoms with Gasteiger partial charge in [-0.2, -0.15) is 0 Å². The number of aliphatic carboxylic acids is 1. The van der Waals surface area contributed by atoms with Crippen molar-refractivity contribution in [2.24, 2.45) is 5.92 Å². The lowest BCUT2D eigenvalue weighted by atomic mass is 9.95. The number of methoxy groups -OCH3 is 1. The Hall–Kier alpha value is -1.03. The van der Waals surface area contributed by atoms with Gasteiger partial charge in [-0.15, -0.1) is 0 Å². The summed E-state index contributed by atoms with van der Waals surface area (Å²) in [5, 5.41) is 9.15. The average Bonchev–Trinajstić information content (AvgIpc) is 2.28. The fourth-order valence-corrected chi connectivity index (χ4v) is 2.24. The van der Waals surface area contributed by atoms with Gasteiger partial charge in [-0.1, -0.05) is 29.3 Å². The minimum atomic E-state index is -0.742. The maximum atomic E-state index is 11.1. The molecule has 1 unspecified atom stereocenters. The quantitative estimate of drug-likeness (QED) is 0.874. The normalized spacial score (nSPS) is 12.2. The molecule has 94 valence electrons. The molecule has 4 heteroatoms. The second-order valence-corrected chi connectivity index (χ2v) is 4.90. The molecule has 0 spiro atoms. The molecule has 1 N–H and O–H groups in total. The van der Waals surface area contributed by atoms with Crippen molar-refractivity contribution in [3.63, 3.8) is 0 Å². The van der Waals surface area contributed by atoms with E-state index in [2.05, 4.69) is 15.9 Å². The van der Waals surface area contributed by atoms with E-state index < -0.39 is 5.97 Å². The van der Waals surface area contributed by atoms with Crippen molar-refractivity contribution in [2.75, 3.05) is 7.11 Å². The lowest BCUT2D eigenvalue weighted by Gasteiger charge is -2.14. The second-order valence-electron chi connectivity index (χ2n) is 3.98. The molecule has 0 heterocycles. The van der Waals surface area contributed by atoms with Crippen LogP contribution in [0.2, 0.25) is 0 Å². The van der Waals surface area contributed by atoms with E-state index in [0.29, 0.717) is 12.8 Å². The molecule has 17 heavy (non-hydrogen) atoms. The van der Waals surface area contributed by atoms with Crippen LogP contribution in [0.25, 0.3) is 0 Å². The second kappa shape index (κ2) is 6.64. The van der Waals surface area contributed by atoms with Crippen LogP contribution in [-0.4, -0.2) is 18.2 Å². The SMILES string of the molecule is CCCC(Cc1cc(Br)ccc1OC)C(=O)O. The fraction of sp³-hybridized carbons (Fsp3) is 0.462. The van der Waals surface area contributed by atoms with Crippen LogP contribution in [0.4, 0.5) is 0 Å². The first kappa shape index (κ1) is 14.0. The van der Waals surface area contributed by atoms with Crippen LogP contribution in [0.15, 0.2) is 22.7 Å². The minimum absolute atomic E-state index is 0.344. The van der Waals surface area contributed by atoms with Crippen LogP contribution in [0.1, 0.15) is 25.3 Å². The summed E-state index contributed by atoms with van der Waals surface area (Å²) in [7, 11) is 1.60. The predicted molar refractivity (Wildman–Crippen MR) is 70.4 cm³/mol. The van der Waals surface area contributed by atoms with Crippen LogP contribution in [0.5, 0.6) is 5.75 Å². The first-order chi connectivity index (χ1) is 8.08. The van der Waals surface area contributed by atoms with Crippen molar-refractivity contribution in [3.05, 3.63) is 28.2 Å². The topological polar surface area (TPSA) is 46.5 Å². The molecule has 0 radical (unpaired) electrons. The Labute approximate surface area is 110 Å². The van der Waals surface area contributed by atoms with E-state index in [0.717, 1.165) is 22.2 Å². The van der Waals surface area contributed by atoms with Crippen LogP contribution < -0.4 is 4.74 Å². The van der Waals surface area contributed by atoms with E-state index in [1.807, 2.05) is 25.1 Å². The molecule has 0 aliphatic heterocycles. The Morgan fingerprint density at radius 2 is 2.24 bits per heavy atom. The van der Waals surface area contributed by atoms with Crippen molar-refractivity contribution in [1.82, 2.24) is 0 Å². The molecule has 1 atom stereocenters. The smallest absolute Gasteiger partial charge is 0.306 e. The summed E-state index contributed by atoms with van der Waals surface area (Å²) < 4.78 is 6.18. The van der Waals surface area contributed by atoms with Gasteiger partial charge in [-0.3, -0.25) is 4.79 Å². The Bertz CT molecular complexity index is 390. The maximum Gasteiger partial charge on any atom is 0.306 e. The van der Waals surface area contributed by atoms with E-state index in [1.165, 1.54) is 0 Å². The van der Waals surface area contributed by atoms with Crippen LogP contribution in [0.3, 0.4) is 0 Å². The summed E-state index contributed by atoms with van der Waals surface area (Å²) in [6, 6.07) is 5.66. The molecular weight excluding hydrogens is 284 g/mol. The fourth-order valence-electron chi connectivity index (χ4n) is 1.83. The van der Waals surface area contributed by atoms with E-state index in [1.54, 1.807) is 7.11 Å². The lowest BCUT2D eigenvalue weighted by Crippen LogP contribution is -2.16. The standard InChI is InChI=1S/C13H17BrO3/c1-3-4-9(13(15)16)7-10-8-11(14)5-6-12(10)17-2/h5-6,8-9H,3-4,7H2,1-2H3,(H,15,16). The first-order valence-electron chi connectivity index (χ1n) is 5.63. The van der Waals surface area contributed by atoms with Gasteiger partial charge in [0.05, 0.1) is 13.0 Å².